The minimum Gasteiger partial charge on any atom is -0.484 e. The summed E-state index contributed by atoms with van der Waals surface area (Å²) < 4.78 is 16.2. The van der Waals surface area contributed by atoms with Crippen molar-refractivity contribution in [1.82, 2.24) is 10.2 Å². The third-order valence-corrected chi connectivity index (χ3v) is 6.82. The van der Waals surface area contributed by atoms with Crippen LogP contribution < -0.4 is 15.4 Å². The molecule has 2 aliphatic rings. The van der Waals surface area contributed by atoms with Crippen molar-refractivity contribution in [3.05, 3.63) is 48.4 Å². The third kappa shape index (κ3) is 5.61. The van der Waals surface area contributed by atoms with Crippen molar-refractivity contribution in [2.24, 2.45) is 0 Å². The number of anilines is 1. The number of ether oxygens (including phenoxy) is 2. The molecule has 1 aromatic carbocycles. The average molecular weight is 446 g/mol. The maximum Gasteiger partial charge on any atom is 0.291 e. The second kappa shape index (κ2) is 10.2. The molecule has 2 N–H and O–H groups in total. The molecule has 3 heterocycles. The number of morpholine rings is 1. The van der Waals surface area contributed by atoms with Crippen molar-refractivity contribution in [1.29, 1.82) is 0 Å². The molecule has 4 rings (SSSR count). The number of nitrogens with zero attached hydrogens (tertiary/aromatic N) is 1. The zero-order chi connectivity index (χ0) is 21.5. The molecule has 2 fully saturated rings. The quantitative estimate of drug-likeness (QED) is 0.644. The molecule has 0 spiro atoms. The second-order valence-corrected chi connectivity index (χ2v) is 8.76. The lowest BCUT2D eigenvalue weighted by Crippen LogP contribution is -2.59. The topological polar surface area (TPSA) is 93.0 Å². The summed E-state index contributed by atoms with van der Waals surface area (Å²) in [6.07, 6.45) is 2.51. The van der Waals surface area contributed by atoms with Crippen LogP contribution in [-0.2, 0) is 9.53 Å². The van der Waals surface area contributed by atoms with Crippen LogP contribution in [0, 0.1) is 0 Å². The van der Waals surface area contributed by atoms with Crippen molar-refractivity contribution >= 4 is 29.3 Å². The van der Waals surface area contributed by atoms with Gasteiger partial charge in [0.05, 0.1) is 19.5 Å². The molecule has 0 saturated carbocycles. The molecule has 0 aliphatic carbocycles. The Balaban J connectivity index is 1.27. The van der Waals surface area contributed by atoms with Crippen LogP contribution in [0.5, 0.6) is 5.75 Å². The first-order chi connectivity index (χ1) is 15.1. The number of amides is 2. The lowest BCUT2D eigenvalue weighted by atomic mass is 9.95. The highest BCUT2D eigenvalue weighted by atomic mass is 32.2. The molecular formula is C22H27N3O5S. The molecule has 1 aromatic heterocycles. The summed E-state index contributed by atoms with van der Waals surface area (Å²) in [6.45, 7) is 3.84. The van der Waals surface area contributed by atoms with E-state index in [0.29, 0.717) is 18.0 Å². The van der Waals surface area contributed by atoms with Gasteiger partial charge in [-0.2, -0.15) is 11.8 Å². The van der Waals surface area contributed by atoms with E-state index in [2.05, 4.69) is 15.5 Å². The van der Waals surface area contributed by atoms with Crippen LogP contribution in [0.1, 0.15) is 17.0 Å². The first-order valence-electron chi connectivity index (χ1n) is 10.4. The smallest absolute Gasteiger partial charge is 0.291 e. The SMILES string of the molecule is O=C(COc1cccc(NC(=O)c2ccco2)c1)NC[C@@]1(N2CCOCC2)CCSC1. The van der Waals surface area contributed by atoms with Crippen LogP contribution in [0.2, 0.25) is 0 Å². The summed E-state index contributed by atoms with van der Waals surface area (Å²) in [5.41, 5.74) is 0.564. The number of carbonyl (C=O) groups excluding carboxylic acids is 2. The van der Waals surface area contributed by atoms with Gasteiger partial charge in [0.25, 0.3) is 11.8 Å². The van der Waals surface area contributed by atoms with Crippen LogP contribution in [0.4, 0.5) is 5.69 Å². The van der Waals surface area contributed by atoms with Gasteiger partial charge in [-0.05, 0) is 36.4 Å². The van der Waals surface area contributed by atoms with Gasteiger partial charge in [-0.25, -0.2) is 0 Å². The Labute approximate surface area is 185 Å². The highest BCUT2D eigenvalue weighted by Gasteiger charge is 2.40. The Kier molecular flexibility index (Phi) is 7.16. The van der Waals surface area contributed by atoms with Crippen LogP contribution in [0.25, 0.3) is 0 Å². The van der Waals surface area contributed by atoms with E-state index >= 15 is 0 Å². The molecular weight excluding hydrogens is 418 g/mol. The minimum absolute atomic E-state index is 0.000155. The first-order valence-corrected chi connectivity index (χ1v) is 11.6. The largest absolute Gasteiger partial charge is 0.484 e. The maximum atomic E-state index is 12.4. The van der Waals surface area contributed by atoms with Gasteiger partial charge in [-0.3, -0.25) is 14.5 Å². The standard InChI is InChI=1S/C22H27N3O5S/c26-20(23-15-22(6-12-31-16-22)25-7-10-28-11-8-25)14-30-18-4-1-3-17(13-18)24-21(27)19-5-2-9-29-19/h1-5,9,13H,6-8,10-12,14-16H2,(H,23,26)(H,24,27)/t22-/m0/s1. The minimum atomic E-state index is -0.345. The van der Waals surface area contributed by atoms with Crippen LogP contribution >= 0.6 is 11.8 Å². The number of nitrogens with one attached hydrogen (secondary N) is 2. The van der Waals surface area contributed by atoms with Gasteiger partial charge in [0, 0.05) is 42.7 Å². The highest BCUT2D eigenvalue weighted by molar-refractivity contribution is 7.99. The number of carbonyl (C=O) groups is 2. The lowest BCUT2D eigenvalue weighted by Gasteiger charge is -2.43. The van der Waals surface area contributed by atoms with Gasteiger partial charge in [-0.15, -0.1) is 0 Å². The van der Waals surface area contributed by atoms with Crippen LogP contribution in [0.15, 0.2) is 47.1 Å². The molecule has 2 aromatic rings. The summed E-state index contributed by atoms with van der Waals surface area (Å²) in [5, 5.41) is 5.80. The Bertz CT molecular complexity index is 877. The van der Waals surface area contributed by atoms with Gasteiger partial charge < -0.3 is 24.5 Å². The van der Waals surface area contributed by atoms with Gasteiger partial charge in [0.1, 0.15) is 5.75 Å². The fourth-order valence-electron chi connectivity index (χ4n) is 3.86. The van der Waals surface area contributed by atoms with E-state index in [1.807, 2.05) is 11.8 Å². The van der Waals surface area contributed by atoms with E-state index in [-0.39, 0.29) is 29.7 Å². The van der Waals surface area contributed by atoms with E-state index in [9.17, 15) is 9.59 Å². The molecule has 1 atom stereocenters. The summed E-state index contributed by atoms with van der Waals surface area (Å²) >= 11 is 1.94. The maximum absolute atomic E-state index is 12.4. The summed E-state index contributed by atoms with van der Waals surface area (Å²) in [4.78, 5) is 27.0. The Morgan fingerprint density at radius 1 is 1.19 bits per heavy atom. The lowest BCUT2D eigenvalue weighted by molar-refractivity contribution is -0.124. The Hall–Kier alpha value is -2.49. The first kappa shape index (κ1) is 21.7. The van der Waals surface area contributed by atoms with Gasteiger partial charge in [0.2, 0.25) is 0 Å². The Morgan fingerprint density at radius 3 is 2.81 bits per heavy atom. The number of benzene rings is 1. The molecule has 8 nitrogen and oxygen atoms in total. The van der Waals surface area contributed by atoms with E-state index in [4.69, 9.17) is 13.9 Å². The molecule has 2 aliphatic heterocycles. The normalized spacial score (nSPS) is 21.5. The van der Waals surface area contributed by atoms with E-state index in [0.717, 1.165) is 44.2 Å². The number of rotatable bonds is 8. The Morgan fingerprint density at radius 2 is 2.06 bits per heavy atom. The number of furan rings is 1. The summed E-state index contributed by atoms with van der Waals surface area (Å²) in [5.74, 6) is 2.36. The molecule has 31 heavy (non-hydrogen) atoms. The fourth-order valence-corrected chi connectivity index (χ4v) is 5.34. The van der Waals surface area contributed by atoms with Gasteiger partial charge in [0.15, 0.2) is 12.4 Å². The summed E-state index contributed by atoms with van der Waals surface area (Å²) in [7, 11) is 0. The van der Waals surface area contributed by atoms with E-state index in [1.54, 1.807) is 36.4 Å². The fraction of sp³-hybridized carbons (Fsp3) is 0.455. The van der Waals surface area contributed by atoms with Crippen molar-refractivity contribution in [2.45, 2.75) is 12.0 Å². The van der Waals surface area contributed by atoms with Gasteiger partial charge >= 0.3 is 0 Å². The second-order valence-electron chi connectivity index (χ2n) is 7.65. The van der Waals surface area contributed by atoms with Crippen molar-refractivity contribution in [3.63, 3.8) is 0 Å². The monoisotopic (exact) mass is 445 g/mol. The molecule has 0 radical (unpaired) electrons. The predicted molar refractivity (Wildman–Crippen MR) is 119 cm³/mol. The summed E-state index contributed by atoms with van der Waals surface area (Å²) in [6, 6.07) is 10.2. The molecule has 0 unspecified atom stereocenters. The predicted octanol–water partition coefficient (Wildman–Crippen LogP) is 2.23. The molecule has 166 valence electrons. The molecule has 2 amide bonds. The molecule has 9 heteroatoms. The van der Waals surface area contributed by atoms with Crippen LogP contribution in [0.3, 0.4) is 0 Å². The van der Waals surface area contributed by atoms with Crippen molar-refractivity contribution in [2.75, 3.05) is 56.3 Å². The average Bonchev–Trinajstić information content (AvgIpc) is 3.50. The zero-order valence-electron chi connectivity index (χ0n) is 17.3. The van der Waals surface area contributed by atoms with Gasteiger partial charge in [-0.1, -0.05) is 6.07 Å². The number of thioether (sulfide) groups is 1. The van der Waals surface area contributed by atoms with Crippen molar-refractivity contribution in [3.8, 4) is 5.75 Å². The van der Waals surface area contributed by atoms with E-state index in [1.165, 1.54) is 6.26 Å². The van der Waals surface area contributed by atoms with Crippen LogP contribution in [-0.4, -0.2) is 73.2 Å². The molecule has 0 bridgehead atoms. The highest BCUT2D eigenvalue weighted by Crippen LogP contribution is 2.33. The van der Waals surface area contributed by atoms with Crippen molar-refractivity contribution < 1.29 is 23.5 Å². The third-order valence-electron chi connectivity index (χ3n) is 5.59. The zero-order valence-corrected chi connectivity index (χ0v) is 18.1. The number of hydrogen-bond acceptors (Lipinski definition) is 7. The molecule has 2 saturated heterocycles. The number of hydrogen-bond donors (Lipinski definition) is 2. The van der Waals surface area contributed by atoms with E-state index < -0.39 is 0 Å².